The molecule has 19 heavy (non-hydrogen) atoms. The molecule has 2 rings (SSSR count). The Morgan fingerprint density at radius 2 is 2.11 bits per heavy atom. The number of carbonyl (C=O) groups is 1. The molecule has 3 nitrogen and oxygen atoms in total. The van der Waals surface area contributed by atoms with Crippen molar-refractivity contribution in [1.29, 1.82) is 0 Å². The molecule has 1 aromatic carbocycles. The smallest absolute Gasteiger partial charge is 0.240 e. The monoisotopic (exact) mass is 260 g/mol. The fourth-order valence-corrected chi connectivity index (χ4v) is 2.70. The van der Waals surface area contributed by atoms with Crippen molar-refractivity contribution in [3.05, 3.63) is 35.9 Å². The van der Waals surface area contributed by atoms with Gasteiger partial charge in [-0.3, -0.25) is 4.79 Å². The van der Waals surface area contributed by atoms with Crippen molar-refractivity contribution >= 4 is 5.91 Å². The van der Waals surface area contributed by atoms with Gasteiger partial charge in [0.05, 0.1) is 6.04 Å². The van der Waals surface area contributed by atoms with Crippen molar-refractivity contribution in [2.75, 3.05) is 13.1 Å². The van der Waals surface area contributed by atoms with Gasteiger partial charge in [-0.2, -0.15) is 0 Å². The van der Waals surface area contributed by atoms with E-state index < -0.39 is 0 Å². The van der Waals surface area contributed by atoms with Crippen molar-refractivity contribution in [2.24, 2.45) is 5.92 Å². The summed E-state index contributed by atoms with van der Waals surface area (Å²) >= 11 is 0. The van der Waals surface area contributed by atoms with Gasteiger partial charge in [0.1, 0.15) is 0 Å². The second kappa shape index (κ2) is 6.71. The normalized spacial score (nSPS) is 22.4. The molecule has 104 valence electrons. The van der Waals surface area contributed by atoms with E-state index in [-0.39, 0.29) is 11.9 Å². The van der Waals surface area contributed by atoms with Crippen LogP contribution < -0.4 is 5.32 Å². The van der Waals surface area contributed by atoms with Gasteiger partial charge in [0, 0.05) is 13.1 Å². The first kappa shape index (κ1) is 14.1. The van der Waals surface area contributed by atoms with Crippen LogP contribution >= 0.6 is 0 Å². The first-order valence-electron chi connectivity index (χ1n) is 7.28. The van der Waals surface area contributed by atoms with Crippen molar-refractivity contribution in [1.82, 2.24) is 10.2 Å². The Kier molecular flexibility index (Phi) is 4.97. The van der Waals surface area contributed by atoms with Gasteiger partial charge in [-0.1, -0.05) is 44.2 Å². The SMILES string of the molecule is CCCN(Cc1ccccc1)C(=O)C1NCCC1C. The van der Waals surface area contributed by atoms with Crippen LogP contribution in [0.4, 0.5) is 0 Å². The van der Waals surface area contributed by atoms with E-state index in [4.69, 9.17) is 0 Å². The summed E-state index contributed by atoms with van der Waals surface area (Å²) < 4.78 is 0. The van der Waals surface area contributed by atoms with Gasteiger partial charge >= 0.3 is 0 Å². The highest BCUT2D eigenvalue weighted by Crippen LogP contribution is 2.18. The Morgan fingerprint density at radius 3 is 2.68 bits per heavy atom. The van der Waals surface area contributed by atoms with Gasteiger partial charge in [-0.25, -0.2) is 0 Å². The molecule has 0 spiro atoms. The summed E-state index contributed by atoms with van der Waals surface area (Å²) in [6, 6.07) is 10.2. The predicted octanol–water partition coefficient (Wildman–Crippen LogP) is 2.42. The zero-order valence-corrected chi connectivity index (χ0v) is 11.9. The van der Waals surface area contributed by atoms with Crippen LogP contribution in [0.15, 0.2) is 30.3 Å². The summed E-state index contributed by atoms with van der Waals surface area (Å²) in [6.45, 7) is 6.80. The highest BCUT2D eigenvalue weighted by molar-refractivity contribution is 5.82. The van der Waals surface area contributed by atoms with Gasteiger partial charge < -0.3 is 10.2 Å². The van der Waals surface area contributed by atoms with E-state index in [0.29, 0.717) is 5.92 Å². The summed E-state index contributed by atoms with van der Waals surface area (Å²) in [6.07, 6.45) is 2.10. The number of amides is 1. The fraction of sp³-hybridized carbons (Fsp3) is 0.562. The molecule has 1 saturated heterocycles. The molecule has 3 heteroatoms. The lowest BCUT2D eigenvalue weighted by Gasteiger charge is -2.27. The first-order chi connectivity index (χ1) is 9.22. The van der Waals surface area contributed by atoms with Crippen molar-refractivity contribution < 1.29 is 4.79 Å². The number of hydrogen-bond donors (Lipinski definition) is 1. The summed E-state index contributed by atoms with van der Waals surface area (Å²) in [5.74, 6) is 0.707. The van der Waals surface area contributed by atoms with Crippen LogP contribution in [0.5, 0.6) is 0 Å². The Morgan fingerprint density at radius 1 is 1.37 bits per heavy atom. The Labute approximate surface area is 116 Å². The summed E-state index contributed by atoms with van der Waals surface area (Å²) in [5, 5.41) is 3.34. The second-order valence-electron chi connectivity index (χ2n) is 5.44. The lowest BCUT2D eigenvalue weighted by Crippen LogP contribution is -2.45. The van der Waals surface area contributed by atoms with E-state index in [1.807, 2.05) is 23.1 Å². The average Bonchev–Trinajstić information content (AvgIpc) is 2.85. The number of carbonyl (C=O) groups excluding carboxylic acids is 1. The molecule has 0 aliphatic carbocycles. The molecule has 2 atom stereocenters. The van der Waals surface area contributed by atoms with Crippen molar-refractivity contribution in [2.45, 2.75) is 39.3 Å². The lowest BCUT2D eigenvalue weighted by molar-refractivity contribution is -0.134. The zero-order chi connectivity index (χ0) is 13.7. The quantitative estimate of drug-likeness (QED) is 0.882. The number of rotatable bonds is 5. The molecule has 1 N–H and O–H groups in total. The van der Waals surface area contributed by atoms with Crippen LogP contribution in [-0.4, -0.2) is 29.9 Å². The van der Waals surface area contributed by atoms with Crippen LogP contribution in [0.3, 0.4) is 0 Å². The van der Waals surface area contributed by atoms with Gasteiger partial charge in [0.2, 0.25) is 5.91 Å². The summed E-state index contributed by atoms with van der Waals surface area (Å²) in [5.41, 5.74) is 1.20. The van der Waals surface area contributed by atoms with Gasteiger partial charge in [-0.05, 0) is 30.9 Å². The standard InChI is InChI=1S/C16H24N2O/c1-3-11-18(12-14-7-5-4-6-8-14)16(19)15-13(2)9-10-17-15/h4-8,13,15,17H,3,9-12H2,1-2H3. The third-order valence-electron chi connectivity index (χ3n) is 3.82. The van der Waals surface area contributed by atoms with Crippen molar-refractivity contribution in [3.63, 3.8) is 0 Å². The Bertz CT molecular complexity index is 404. The minimum absolute atomic E-state index is 0.00950. The molecular formula is C16H24N2O. The highest BCUT2D eigenvalue weighted by atomic mass is 16.2. The molecular weight excluding hydrogens is 236 g/mol. The third-order valence-corrected chi connectivity index (χ3v) is 3.82. The molecule has 1 aliphatic rings. The van der Waals surface area contributed by atoms with Gasteiger partial charge in [0.25, 0.3) is 0 Å². The first-order valence-corrected chi connectivity index (χ1v) is 7.28. The van der Waals surface area contributed by atoms with E-state index in [9.17, 15) is 4.79 Å². The molecule has 0 aromatic heterocycles. The largest absolute Gasteiger partial charge is 0.337 e. The van der Waals surface area contributed by atoms with Gasteiger partial charge in [-0.15, -0.1) is 0 Å². The minimum atomic E-state index is 0.00950. The molecule has 1 fully saturated rings. The zero-order valence-electron chi connectivity index (χ0n) is 11.9. The summed E-state index contributed by atoms with van der Waals surface area (Å²) in [7, 11) is 0. The third kappa shape index (κ3) is 3.57. The lowest BCUT2D eigenvalue weighted by atomic mass is 10.0. The molecule has 2 unspecified atom stereocenters. The van der Waals surface area contributed by atoms with Gasteiger partial charge in [0.15, 0.2) is 0 Å². The van der Waals surface area contributed by atoms with E-state index in [2.05, 4.69) is 31.3 Å². The molecule has 1 heterocycles. The van der Waals surface area contributed by atoms with E-state index in [0.717, 1.165) is 32.5 Å². The molecule has 0 bridgehead atoms. The maximum atomic E-state index is 12.6. The molecule has 0 saturated carbocycles. The van der Waals surface area contributed by atoms with E-state index >= 15 is 0 Å². The van der Waals surface area contributed by atoms with E-state index in [1.54, 1.807) is 0 Å². The summed E-state index contributed by atoms with van der Waals surface area (Å²) in [4.78, 5) is 14.6. The predicted molar refractivity (Wildman–Crippen MR) is 77.7 cm³/mol. The highest BCUT2D eigenvalue weighted by Gasteiger charge is 2.32. The number of benzene rings is 1. The molecule has 1 aliphatic heterocycles. The maximum absolute atomic E-state index is 12.6. The fourth-order valence-electron chi connectivity index (χ4n) is 2.70. The maximum Gasteiger partial charge on any atom is 0.240 e. The topological polar surface area (TPSA) is 32.3 Å². The second-order valence-corrected chi connectivity index (χ2v) is 5.44. The minimum Gasteiger partial charge on any atom is -0.337 e. The average molecular weight is 260 g/mol. The molecule has 1 aromatic rings. The van der Waals surface area contributed by atoms with Crippen LogP contribution in [-0.2, 0) is 11.3 Å². The Balaban J connectivity index is 2.04. The number of nitrogens with one attached hydrogen (secondary N) is 1. The molecule has 1 amide bonds. The Hall–Kier alpha value is -1.35. The van der Waals surface area contributed by atoms with Crippen LogP contribution in [0.25, 0.3) is 0 Å². The number of hydrogen-bond acceptors (Lipinski definition) is 2. The van der Waals surface area contributed by atoms with Crippen molar-refractivity contribution in [3.8, 4) is 0 Å². The molecule has 0 radical (unpaired) electrons. The van der Waals surface area contributed by atoms with E-state index in [1.165, 1.54) is 5.56 Å². The number of nitrogens with zero attached hydrogens (tertiary/aromatic N) is 1. The van der Waals surface area contributed by atoms with Crippen LogP contribution in [0.2, 0.25) is 0 Å². The van der Waals surface area contributed by atoms with Crippen LogP contribution in [0.1, 0.15) is 32.3 Å². The van der Waals surface area contributed by atoms with Crippen LogP contribution in [0, 0.1) is 5.92 Å².